The van der Waals surface area contributed by atoms with Gasteiger partial charge < -0.3 is 10.5 Å². The van der Waals surface area contributed by atoms with Gasteiger partial charge in [-0.1, -0.05) is 28.1 Å². The van der Waals surface area contributed by atoms with Gasteiger partial charge in [0.2, 0.25) is 0 Å². The smallest absolute Gasteiger partial charge is 0.306 e. The van der Waals surface area contributed by atoms with Gasteiger partial charge in [0.1, 0.15) is 5.60 Å². The molecule has 1 aromatic carbocycles. The lowest BCUT2D eigenvalue weighted by molar-refractivity contribution is -0.155. The summed E-state index contributed by atoms with van der Waals surface area (Å²) in [4.78, 5) is 11.8. The standard InChI is InChI=1S/C14H20BrNO2/c1-14(2,3)18-13(17)8-11(9-16)10-4-6-12(15)7-5-10/h4-7,11H,8-9,16H2,1-3H3/t11-/m1/s1. The normalized spacial score (nSPS) is 13.2. The third kappa shape index (κ3) is 5.19. The second kappa shape index (κ2) is 6.34. The molecular formula is C14H20BrNO2. The number of esters is 1. The SMILES string of the molecule is CC(C)(C)OC(=O)C[C@H](CN)c1ccc(Br)cc1. The van der Waals surface area contributed by atoms with Gasteiger partial charge in [-0.3, -0.25) is 4.79 Å². The van der Waals surface area contributed by atoms with E-state index in [1.165, 1.54) is 0 Å². The summed E-state index contributed by atoms with van der Waals surface area (Å²) in [5, 5.41) is 0. The zero-order valence-corrected chi connectivity index (χ0v) is 12.7. The van der Waals surface area contributed by atoms with Crippen molar-refractivity contribution in [3.8, 4) is 0 Å². The van der Waals surface area contributed by atoms with Gasteiger partial charge in [-0.15, -0.1) is 0 Å². The first-order chi connectivity index (χ1) is 8.31. The maximum atomic E-state index is 11.8. The lowest BCUT2D eigenvalue weighted by atomic mass is 9.96. The molecule has 1 rings (SSSR count). The van der Waals surface area contributed by atoms with E-state index in [2.05, 4.69) is 15.9 Å². The van der Waals surface area contributed by atoms with Crippen LogP contribution in [0.15, 0.2) is 28.7 Å². The van der Waals surface area contributed by atoms with E-state index in [-0.39, 0.29) is 11.9 Å². The number of nitrogens with two attached hydrogens (primary N) is 1. The monoisotopic (exact) mass is 313 g/mol. The molecule has 0 spiro atoms. The van der Waals surface area contributed by atoms with Crippen LogP contribution in [0.1, 0.15) is 38.7 Å². The predicted octanol–water partition coefficient (Wildman–Crippen LogP) is 3.22. The molecule has 2 N–H and O–H groups in total. The van der Waals surface area contributed by atoms with Crippen LogP contribution < -0.4 is 5.73 Å². The Morgan fingerprint density at radius 1 is 1.33 bits per heavy atom. The van der Waals surface area contributed by atoms with Crippen molar-refractivity contribution in [2.45, 2.75) is 38.7 Å². The number of ether oxygens (including phenoxy) is 1. The van der Waals surface area contributed by atoms with E-state index in [1.807, 2.05) is 45.0 Å². The fourth-order valence-corrected chi connectivity index (χ4v) is 1.92. The van der Waals surface area contributed by atoms with Gasteiger partial charge >= 0.3 is 5.97 Å². The first kappa shape index (κ1) is 15.2. The number of hydrogen-bond donors (Lipinski definition) is 1. The van der Waals surface area contributed by atoms with Gasteiger partial charge in [0.05, 0.1) is 6.42 Å². The molecule has 0 aliphatic heterocycles. The molecule has 0 saturated heterocycles. The van der Waals surface area contributed by atoms with E-state index < -0.39 is 5.60 Å². The Labute approximate surface area is 117 Å². The Morgan fingerprint density at radius 3 is 2.33 bits per heavy atom. The maximum absolute atomic E-state index is 11.8. The summed E-state index contributed by atoms with van der Waals surface area (Å²) in [7, 11) is 0. The van der Waals surface area contributed by atoms with Crippen LogP contribution in [0, 0.1) is 0 Å². The molecule has 0 aromatic heterocycles. The minimum atomic E-state index is -0.448. The molecule has 0 amide bonds. The first-order valence-corrected chi connectivity index (χ1v) is 6.78. The average Bonchev–Trinajstić information content (AvgIpc) is 2.25. The quantitative estimate of drug-likeness (QED) is 0.868. The number of halogens is 1. The molecule has 3 nitrogen and oxygen atoms in total. The number of benzene rings is 1. The van der Waals surface area contributed by atoms with Crippen LogP contribution in [-0.4, -0.2) is 18.1 Å². The van der Waals surface area contributed by atoms with Crippen LogP contribution in [0.4, 0.5) is 0 Å². The molecule has 0 radical (unpaired) electrons. The van der Waals surface area contributed by atoms with Crippen LogP contribution in [0.2, 0.25) is 0 Å². The Morgan fingerprint density at radius 2 is 1.89 bits per heavy atom. The highest BCUT2D eigenvalue weighted by molar-refractivity contribution is 9.10. The maximum Gasteiger partial charge on any atom is 0.306 e. The molecule has 1 aromatic rings. The molecule has 0 aliphatic rings. The van der Waals surface area contributed by atoms with Gasteiger partial charge in [-0.25, -0.2) is 0 Å². The topological polar surface area (TPSA) is 52.3 Å². The minimum absolute atomic E-state index is 0.00736. The molecule has 100 valence electrons. The van der Waals surface area contributed by atoms with Crippen molar-refractivity contribution in [3.63, 3.8) is 0 Å². The highest BCUT2D eigenvalue weighted by Crippen LogP contribution is 2.22. The van der Waals surface area contributed by atoms with E-state index >= 15 is 0 Å². The van der Waals surface area contributed by atoms with Crippen LogP contribution in [0.3, 0.4) is 0 Å². The second-order valence-corrected chi connectivity index (χ2v) is 6.19. The largest absolute Gasteiger partial charge is 0.460 e. The minimum Gasteiger partial charge on any atom is -0.460 e. The Balaban J connectivity index is 2.68. The van der Waals surface area contributed by atoms with Crippen molar-refractivity contribution < 1.29 is 9.53 Å². The number of carbonyl (C=O) groups is 1. The zero-order chi connectivity index (χ0) is 13.8. The first-order valence-electron chi connectivity index (χ1n) is 5.99. The molecule has 1 atom stereocenters. The van der Waals surface area contributed by atoms with Gasteiger partial charge in [0.15, 0.2) is 0 Å². The summed E-state index contributed by atoms with van der Waals surface area (Å²) in [5.74, 6) is -0.200. The molecule has 0 unspecified atom stereocenters. The van der Waals surface area contributed by atoms with Gasteiger partial charge in [0, 0.05) is 10.4 Å². The second-order valence-electron chi connectivity index (χ2n) is 5.27. The third-order valence-electron chi connectivity index (χ3n) is 2.46. The summed E-state index contributed by atoms with van der Waals surface area (Å²) in [6.45, 7) is 6.02. The molecule has 0 saturated carbocycles. The van der Waals surface area contributed by atoms with E-state index in [1.54, 1.807) is 0 Å². The van der Waals surface area contributed by atoms with E-state index in [9.17, 15) is 4.79 Å². The molecule has 0 bridgehead atoms. The Hall–Kier alpha value is -0.870. The summed E-state index contributed by atoms with van der Waals surface area (Å²) in [6.07, 6.45) is 0.315. The van der Waals surface area contributed by atoms with E-state index in [4.69, 9.17) is 10.5 Å². The summed E-state index contributed by atoms with van der Waals surface area (Å²) >= 11 is 3.38. The zero-order valence-electron chi connectivity index (χ0n) is 11.1. The number of hydrogen-bond acceptors (Lipinski definition) is 3. The van der Waals surface area contributed by atoms with Crippen LogP contribution in [0.25, 0.3) is 0 Å². The fraction of sp³-hybridized carbons (Fsp3) is 0.500. The van der Waals surface area contributed by atoms with Gasteiger partial charge in [-0.2, -0.15) is 0 Å². The Bertz CT molecular complexity index is 395. The number of rotatable bonds is 4. The van der Waals surface area contributed by atoms with Gasteiger partial charge in [-0.05, 0) is 45.0 Å². The van der Waals surface area contributed by atoms with Crippen molar-refractivity contribution in [3.05, 3.63) is 34.3 Å². The summed E-state index contributed by atoms with van der Waals surface area (Å²) < 4.78 is 6.32. The van der Waals surface area contributed by atoms with Crippen molar-refractivity contribution in [2.24, 2.45) is 5.73 Å². The van der Waals surface area contributed by atoms with Gasteiger partial charge in [0.25, 0.3) is 0 Å². The van der Waals surface area contributed by atoms with Crippen molar-refractivity contribution in [1.82, 2.24) is 0 Å². The number of carbonyl (C=O) groups excluding carboxylic acids is 1. The van der Waals surface area contributed by atoms with Crippen molar-refractivity contribution in [1.29, 1.82) is 0 Å². The third-order valence-corrected chi connectivity index (χ3v) is 2.99. The van der Waals surface area contributed by atoms with Crippen molar-refractivity contribution in [2.75, 3.05) is 6.54 Å². The highest BCUT2D eigenvalue weighted by atomic mass is 79.9. The molecule has 0 heterocycles. The molecule has 0 aliphatic carbocycles. The van der Waals surface area contributed by atoms with E-state index in [0.29, 0.717) is 13.0 Å². The van der Waals surface area contributed by atoms with E-state index in [0.717, 1.165) is 10.0 Å². The summed E-state index contributed by atoms with van der Waals surface area (Å²) in [6, 6.07) is 7.86. The Kier molecular flexibility index (Phi) is 5.35. The fourth-order valence-electron chi connectivity index (χ4n) is 1.66. The van der Waals surface area contributed by atoms with Crippen LogP contribution in [-0.2, 0) is 9.53 Å². The van der Waals surface area contributed by atoms with Crippen molar-refractivity contribution >= 4 is 21.9 Å². The lowest BCUT2D eigenvalue weighted by Crippen LogP contribution is -2.26. The highest BCUT2D eigenvalue weighted by Gasteiger charge is 2.20. The summed E-state index contributed by atoms with van der Waals surface area (Å²) in [5.41, 5.74) is 6.35. The molecule has 4 heteroatoms. The average molecular weight is 314 g/mol. The predicted molar refractivity (Wildman–Crippen MR) is 76.4 cm³/mol. The van der Waals surface area contributed by atoms with Crippen LogP contribution >= 0.6 is 15.9 Å². The molecule has 0 fully saturated rings. The lowest BCUT2D eigenvalue weighted by Gasteiger charge is -2.22. The molecule has 18 heavy (non-hydrogen) atoms. The molecular weight excluding hydrogens is 294 g/mol. The van der Waals surface area contributed by atoms with Crippen LogP contribution in [0.5, 0.6) is 0 Å².